The number of nitrogens with zero attached hydrogens (tertiary/aromatic N) is 5. The molecule has 2 aromatic rings. The summed E-state index contributed by atoms with van der Waals surface area (Å²) in [5.74, 6) is 2.25. The quantitative estimate of drug-likeness (QED) is 0.481. The van der Waals surface area contributed by atoms with E-state index < -0.39 is 0 Å². The Kier molecular flexibility index (Phi) is 5.24. The van der Waals surface area contributed by atoms with Crippen LogP contribution >= 0.6 is 23.5 Å². The summed E-state index contributed by atoms with van der Waals surface area (Å²) in [6.07, 6.45) is 7.86. The molecule has 30 heavy (non-hydrogen) atoms. The predicted octanol–water partition coefficient (Wildman–Crippen LogP) is 4.65. The number of carbonyl (C=O) groups excluding carboxylic acids is 1. The number of carbonyl (C=O) groups is 1. The molecule has 0 fully saturated rings. The van der Waals surface area contributed by atoms with Gasteiger partial charge >= 0.3 is 0 Å². The van der Waals surface area contributed by atoms with Crippen LogP contribution < -0.4 is 0 Å². The number of thioether (sulfide) groups is 2. The minimum Gasteiger partial charge on any atom is -0.469 e. The summed E-state index contributed by atoms with van der Waals surface area (Å²) in [6.45, 7) is 6.32. The second kappa shape index (κ2) is 8.03. The van der Waals surface area contributed by atoms with Gasteiger partial charge in [0.15, 0.2) is 11.0 Å². The van der Waals surface area contributed by atoms with Crippen molar-refractivity contribution in [2.45, 2.75) is 44.3 Å². The molecule has 1 aliphatic carbocycles. The van der Waals surface area contributed by atoms with Gasteiger partial charge in [0, 0.05) is 6.54 Å². The van der Waals surface area contributed by atoms with E-state index in [4.69, 9.17) is 9.41 Å². The zero-order valence-electron chi connectivity index (χ0n) is 16.6. The van der Waals surface area contributed by atoms with Crippen molar-refractivity contribution in [3.8, 4) is 11.4 Å². The number of aliphatic imine (C=N–C) groups is 2. The van der Waals surface area contributed by atoms with E-state index in [1.807, 2.05) is 23.6 Å². The van der Waals surface area contributed by atoms with Crippen LogP contribution in [0.4, 0.5) is 0 Å². The third-order valence-electron chi connectivity index (χ3n) is 5.47. The van der Waals surface area contributed by atoms with Crippen LogP contribution in [0.5, 0.6) is 0 Å². The number of hydrogen-bond donors (Lipinski definition) is 0. The summed E-state index contributed by atoms with van der Waals surface area (Å²) in [7, 11) is 0. The van der Waals surface area contributed by atoms with Gasteiger partial charge in [0.2, 0.25) is 0 Å². The molecule has 2 aromatic heterocycles. The van der Waals surface area contributed by atoms with E-state index in [1.165, 1.54) is 28.7 Å². The fraction of sp³-hybridized carbons (Fsp3) is 0.381. The van der Waals surface area contributed by atoms with Crippen LogP contribution in [0.25, 0.3) is 11.4 Å². The molecule has 0 spiro atoms. The normalized spacial score (nSPS) is 20.7. The number of aromatic nitrogens is 3. The van der Waals surface area contributed by atoms with E-state index in [0.717, 1.165) is 46.6 Å². The molecule has 5 rings (SSSR count). The van der Waals surface area contributed by atoms with Crippen molar-refractivity contribution >= 4 is 40.3 Å². The molecule has 0 saturated heterocycles. The molecule has 1 unspecified atom stereocenters. The Labute approximate surface area is 182 Å². The Balaban J connectivity index is 1.35. The second-order valence-electron chi connectivity index (χ2n) is 7.39. The maximum Gasteiger partial charge on any atom is 0.261 e. The van der Waals surface area contributed by atoms with Crippen LogP contribution in [0.15, 0.2) is 55.0 Å². The van der Waals surface area contributed by atoms with Crippen LogP contribution in [-0.4, -0.2) is 37.3 Å². The number of amides is 1. The van der Waals surface area contributed by atoms with Crippen molar-refractivity contribution < 1.29 is 9.21 Å². The molecule has 7 nitrogen and oxygen atoms in total. The molecule has 9 heteroatoms. The fourth-order valence-corrected chi connectivity index (χ4v) is 6.21. The second-order valence-corrected chi connectivity index (χ2v) is 9.45. The van der Waals surface area contributed by atoms with E-state index >= 15 is 0 Å². The average Bonchev–Trinajstić information content (AvgIpc) is 3.43. The number of amidine groups is 1. The van der Waals surface area contributed by atoms with Crippen molar-refractivity contribution in [3.05, 3.63) is 41.2 Å². The molecule has 1 atom stereocenters. The molecule has 3 aliphatic rings. The van der Waals surface area contributed by atoms with Crippen LogP contribution in [0.1, 0.15) is 31.4 Å². The molecular weight excluding hydrogens is 418 g/mol. The van der Waals surface area contributed by atoms with Crippen molar-refractivity contribution in [2.24, 2.45) is 15.9 Å². The minimum atomic E-state index is -0.223. The zero-order valence-corrected chi connectivity index (χ0v) is 18.3. The highest BCUT2D eigenvalue weighted by Crippen LogP contribution is 2.47. The van der Waals surface area contributed by atoms with Gasteiger partial charge in [-0.25, -0.2) is 4.99 Å². The minimum absolute atomic E-state index is 0.0720. The Morgan fingerprint density at radius 3 is 3.00 bits per heavy atom. The highest BCUT2D eigenvalue weighted by molar-refractivity contribution is 8.17. The van der Waals surface area contributed by atoms with Gasteiger partial charge in [0.1, 0.15) is 17.5 Å². The first kappa shape index (κ1) is 19.6. The summed E-state index contributed by atoms with van der Waals surface area (Å²) in [5, 5.41) is 10.3. The fourth-order valence-electron chi connectivity index (χ4n) is 4.04. The van der Waals surface area contributed by atoms with Crippen molar-refractivity contribution in [2.75, 3.05) is 5.75 Å². The summed E-state index contributed by atoms with van der Waals surface area (Å²) in [6, 6.07) is 1.88. The monoisotopic (exact) mass is 439 g/mol. The molecule has 0 bridgehead atoms. The molecule has 1 amide bonds. The summed E-state index contributed by atoms with van der Waals surface area (Å²) >= 11 is 3.16. The maximum atomic E-state index is 12.7. The highest BCUT2D eigenvalue weighted by Gasteiger charge is 2.40. The smallest absolute Gasteiger partial charge is 0.261 e. The molecule has 0 aromatic carbocycles. The maximum absolute atomic E-state index is 12.7. The lowest BCUT2D eigenvalue weighted by Gasteiger charge is -2.18. The van der Waals surface area contributed by atoms with Crippen molar-refractivity contribution in [1.29, 1.82) is 0 Å². The molecular formula is C21H21N5O2S2. The SMILES string of the molecule is C=CCn1c(SCC2=NC(=O)C3C(=N2)SC2=C3CCCC2)nnc1-c1ccoc1C. The standard InChI is InChI=1S/C21H21N5O2S2/c1-3-9-26-18(13-8-10-28-12(13)2)24-25-21(26)29-11-16-22-19(27)17-14-6-4-5-7-15(14)30-20(17)23-16/h3,8,10,17H,1,4-7,9,11H2,2H3. The third-order valence-corrected chi connectivity index (χ3v) is 7.68. The number of hydrogen-bond acceptors (Lipinski definition) is 7. The van der Waals surface area contributed by atoms with Gasteiger partial charge < -0.3 is 4.42 Å². The number of rotatable bonds is 6. The largest absolute Gasteiger partial charge is 0.469 e. The van der Waals surface area contributed by atoms with E-state index in [2.05, 4.69) is 21.8 Å². The van der Waals surface area contributed by atoms with Crippen molar-refractivity contribution in [3.63, 3.8) is 0 Å². The van der Waals surface area contributed by atoms with Gasteiger partial charge in [-0.2, -0.15) is 4.99 Å². The zero-order chi connectivity index (χ0) is 20.7. The molecule has 4 heterocycles. The first-order valence-corrected chi connectivity index (χ1v) is 11.8. The lowest BCUT2D eigenvalue weighted by molar-refractivity contribution is -0.118. The first-order chi connectivity index (χ1) is 14.7. The predicted molar refractivity (Wildman–Crippen MR) is 120 cm³/mol. The van der Waals surface area contributed by atoms with Gasteiger partial charge in [-0.05, 0) is 49.2 Å². The summed E-state index contributed by atoms with van der Waals surface area (Å²) in [4.78, 5) is 23.1. The first-order valence-electron chi connectivity index (χ1n) is 9.97. The van der Waals surface area contributed by atoms with Gasteiger partial charge in [0.25, 0.3) is 5.91 Å². The number of aryl methyl sites for hydroxylation is 1. The van der Waals surface area contributed by atoms with Gasteiger partial charge in [0.05, 0.1) is 22.6 Å². The van der Waals surface area contributed by atoms with Gasteiger partial charge in [-0.15, -0.1) is 16.8 Å². The van der Waals surface area contributed by atoms with E-state index in [0.29, 0.717) is 18.1 Å². The van der Waals surface area contributed by atoms with Crippen LogP contribution in [0.3, 0.4) is 0 Å². The number of fused-ring (bicyclic) bond motifs is 2. The van der Waals surface area contributed by atoms with Crippen LogP contribution in [0.2, 0.25) is 0 Å². The van der Waals surface area contributed by atoms with E-state index in [1.54, 1.807) is 18.0 Å². The Hall–Kier alpha value is -2.39. The molecule has 0 radical (unpaired) electrons. The van der Waals surface area contributed by atoms with Gasteiger partial charge in [-0.1, -0.05) is 29.6 Å². The topological polar surface area (TPSA) is 85.6 Å². The Morgan fingerprint density at radius 2 is 2.20 bits per heavy atom. The van der Waals surface area contributed by atoms with Crippen molar-refractivity contribution in [1.82, 2.24) is 14.8 Å². The number of furan rings is 1. The highest BCUT2D eigenvalue weighted by atomic mass is 32.2. The van der Waals surface area contributed by atoms with Crippen LogP contribution in [-0.2, 0) is 11.3 Å². The molecule has 154 valence electrons. The molecule has 0 N–H and O–H groups in total. The van der Waals surface area contributed by atoms with Crippen LogP contribution in [0, 0.1) is 12.8 Å². The molecule has 2 aliphatic heterocycles. The van der Waals surface area contributed by atoms with Gasteiger partial charge in [-0.3, -0.25) is 9.36 Å². The average molecular weight is 440 g/mol. The van der Waals surface area contributed by atoms with E-state index in [-0.39, 0.29) is 11.8 Å². The number of allylic oxidation sites excluding steroid dienone is 2. The summed E-state index contributed by atoms with van der Waals surface area (Å²) < 4.78 is 7.40. The van der Waals surface area contributed by atoms with E-state index in [9.17, 15) is 4.79 Å². The Morgan fingerprint density at radius 1 is 1.33 bits per heavy atom. The lowest BCUT2D eigenvalue weighted by atomic mass is 9.89. The summed E-state index contributed by atoms with van der Waals surface area (Å²) in [5.41, 5.74) is 2.17. The Bertz CT molecular complexity index is 1120. The lowest BCUT2D eigenvalue weighted by Crippen LogP contribution is -2.26. The molecule has 0 saturated carbocycles. The third kappa shape index (κ3) is 3.39.